The zero-order chi connectivity index (χ0) is 19.0. The molecule has 27 heavy (non-hydrogen) atoms. The quantitative estimate of drug-likeness (QED) is 0.868. The van der Waals surface area contributed by atoms with Crippen LogP contribution < -0.4 is 4.90 Å². The molecule has 140 valence electrons. The molecule has 1 spiro atoms. The molecule has 1 atom stereocenters. The van der Waals surface area contributed by atoms with E-state index in [1.165, 1.54) is 0 Å². The van der Waals surface area contributed by atoms with Gasteiger partial charge in [-0.2, -0.15) is 0 Å². The van der Waals surface area contributed by atoms with E-state index in [-0.39, 0.29) is 16.6 Å². The summed E-state index contributed by atoms with van der Waals surface area (Å²) in [6.07, 6.45) is 3.25. The van der Waals surface area contributed by atoms with E-state index >= 15 is 0 Å². The predicted octanol–water partition coefficient (Wildman–Crippen LogP) is 2.46. The molecular weight excluding hydrogens is 368 g/mol. The maximum Gasteiger partial charge on any atom is 0.356 e. The highest BCUT2D eigenvalue weighted by Gasteiger charge is 2.51. The van der Waals surface area contributed by atoms with E-state index in [0.29, 0.717) is 32.0 Å². The second kappa shape index (κ2) is 6.81. The molecule has 2 fully saturated rings. The number of hydrogen-bond donors (Lipinski definition) is 1. The zero-order valence-corrected chi connectivity index (χ0v) is 15.4. The number of carboxylic acids is 1. The van der Waals surface area contributed by atoms with Gasteiger partial charge in [0.1, 0.15) is 5.82 Å². The highest BCUT2D eigenvalue weighted by molar-refractivity contribution is 6.33. The topological polar surface area (TPSA) is 86.6 Å². The monoisotopic (exact) mass is 386 g/mol. The Hall–Kier alpha value is -2.67. The number of pyridine rings is 2. The Bertz CT molecular complexity index is 892. The molecular formula is C19H19ClN4O3. The molecule has 0 saturated carbocycles. The van der Waals surface area contributed by atoms with Crippen LogP contribution in [0.2, 0.25) is 5.02 Å². The molecule has 1 N–H and O–H groups in total. The Kier molecular flexibility index (Phi) is 4.47. The van der Waals surface area contributed by atoms with Crippen LogP contribution in [0.5, 0.6) is 0 Å². The number of halogens is 1. The highest BCUT2D eigenvalue weighted by atomic mass is 35.5. The summed E-state index contributed by atoms with van der Waals surface area (Å²) in [6, 6.07) is 8.95. The number of amides is 1. The molecule has 0 aromatic carbocycles. The lowest BCUT2D eigenvalue weighted by Crippen LogP contribution is -2.37. The lowest BCUT2D eigenvalue weighted by Gasteiger charge is -2.24. The van der Waals surface area contributed by atoms with E-state index in [2.05, 4.69) is 9.97 Å². The Morgan fingerprint density at radius 2 is 2.04 bits per heavy atom. The van der Waals surface area contributed by atoms with Gasteiger partial charge in [-0.1, -0.05) is 17.7 Å². The standard InChI is InChI=1S/C19H19ClN4O3/c20-14-4-5-15(22-16(14)17(25)26)24-10-7-19(12-24)6-9-23(18(19)27)11-13-3-1-2-8-21-13/h1-5,8H,6-7,9-12H2,(H,25,26). The van der Waals surface area contributed by atoms with Crippen LogP contribution >= 0.6 is 11.6 Å². The number of rotatable bonds is 4. The molecule has 0 bridgehead atoms. The van der Waals surface area contributed by atoms with Crippen LogP contribution in [-0.2, 0) is 11.3 Å². The van der Waals surface area contributed by atoms with Gasteiger partial charge in [0.2, 0.25) is 5.91 Å². The molecule has 1 amide bonds. The lowest BCUT2D eigenvalue weighted by atomic mass is 9.85. The van der Waals surface area contributed by atoms with E-state index in [4.69, 9.17) is 11.6 Å². The second-order valence-corrected chi connectivity index (χ2v) is 7.46. The van der Waals surface area contributed by atoms with Crippen LogP contribution in [0, 0.1) is 5.41 Å². The van der Waals surface area contributed by atoms with Crippen LogP contribution in [0.3, 0.4) is 0 Å². The fourth-order valence-corrected chi connectivity index (χ4v) is 4.12. The van der Waals surface area contributed by atoms with E-state index in [9.17, 15) is 14.7 Å². The summed E-state index contributed by atoms with van der Waals surface area (Å²) in [5.41, 5.74) is 0.285. The van der Waals surface area contributed by atoms with Gasteiger partial charge in [0, 0.05) is 25.8 Å². The summed E-state index contributed by atoms with van der Waals surface area (Å²) in [5, 5.41) is 9.33. The molecule has 2 aliphatic rings. The van der Waals surface area contributed by atoms with E-state index < -0.39 is 11.4 Å². The third-order valence-corrected chi connectivity index (χ3v) is 5.70. The van der Waals surface area contributed by atoms with Crippen molar-refractivity contribution < 1.29 is 14.7 Å². The third-order valence-electron chi connectivity index (χ3n) is 5.39. The average molecular weight is 387 g/mol. The third kappa shape index (κ3) is 3.23. The van der Waals surface area contributed by atoms with Crippen LogP contribution in [0.15, 0.2) is 36.5 Å². The first kappa shape index (κ1) is 17.7. The minimum Gasteiger partial charge on any atom is -0.476 e. The fraction of sp³-hybridized carbons (Fsp3) is 0.368. The Balaban J connectivity index is 1.50. The van der Waals surface area contributed by atoms with Crippen LogP contribution in [0.1, 0.15) is 29.0 Å². The number of carbonyl (C=O) groups excluding carboxylic acids is 1. The number of nitrogens with zero attached hydrogens (tertiary/aromatic N) is 4. The molecule has 2 aliphatic heterocycles. The summed E-state index contributed by atoms with van der Waals surface area (Å²) in [5.74, 6) is -0.470. The Labute approximate surface area is 161 Å². The van der Waals surface area contributed by atoms with Crippen molar-refractivity contribution in [3.05, 3.63) is 52.9 Å². The molecule has 2 aromatic heterocycles. The van der Waals surface area contributed by atoms with Gasteiger partial charge < -0.3 is 14.9 Å². The van der Waals surface area contributed by atoms with E-state index in [1.807, 2.05) is 28.0 Å². The smallest absolute Gasteiger partial charge is 0.356 e. The van der Waals surface area contributed by atoms with Crippen molar-refractivity contribution in [2.45, 2.75) is 19.4 Å². The zero-order valence-electron chi connectivity index (χ0n) is 14.6. The largest absolute Gasteiger partial charge is 0.476 e. The summed E-state index contributed by atoms with van der Waals surface area (Å²) >= 11 is 5.91. The number of anilines is 1. The molecule has 2 aromatic rings. The first-order valence-electron chi connectivity index (χ1n) is 8.83. The van der Waals surface area contributed by atoms with Crippen molar-refractivity contribution in [3.8, 4) is 0 Å². The van der Waals surface area contributed by atoms with Crippen molar-refractivity contribution in [2.75, 3.05) is 24.5 Å². The fourth-order valence-electron chi connectivity index (χ4n) is 3.94. The molecule has 2 saturated heterocycles. The Morgan fingerprint density at radius 1 is 1.22 bits per heavy atom. The second-order valence-electron chi connectivity index (χ2n) is 7.05. The number of aromatic nitrogens is 2. The summed E-state index contributed by atoms with van der Waals surface area (Å²) in [6.45, 7) is 2.43. The molecule has 4 heterocycles. The number of hydrogen-bond acceptors (Lipinski definition) is 5. The molecule has 4 rings (SSSR count). The minimum atomic E-state index is -1.16. The first-order valence-corrected chi connectivity index (χ1v) is 9.20. The first-order chi connectivity index (χ1) is 13.0. The molecule has 1 unspecified atom stereocenters. The molecule has 7 nitrogen and oxygen atoms in total. The molecule has 0 aliphatic carbocycles. The lowest BCUT2D eigenvalue weighted by molar-refractivity contribution is -0.135. The normalized spacial score (nSPS) is 22.0. The maximum atomic E-state index is 13.1. The SMILES string of the molecule is O=C(O)c1nc(N2CCC3(CCN(Cc4ccccn4)C3=O)C2)ccc1Cl. The molecule has 0 radical (unpaired) electrons. The number of carbonyl (C=O) groups is 2. The van der Waals surface area contributed by atoms with Crippen LogP contribution in [0.25, 0.3) is 0 Å². The van der Waals surface area contributed by atoms with Crippen molar-refractivity contribution in [1.82, 2.24) is 14.9 Å². The Morgan fingerprint density at radius 3 is 2.78 bits per heavy atom. The van der Waals surface area contributed by atoms with Crippen LogP contribution in [0.4, 0.5) is 5.82 Å². The number of carboxylic acid groups (broad SMARTS) is 1. The van der Waals surface area contributed by atoms with Crippen molar-refractivity contribution in [2.24, 2.45) is 5.41 Å². The van der Waals surface area contributed by atoms with Gasteiger partial charge in [0.25, 0.3) is 0 Å². The van der Waals surface area contributed by atoms with Crippen LogP contribution in [-0.4, -0.2) is 51.5 Å². The van der Waals surface area contributed by atoms with Crippen molar-refractivity contribution in [1.29, 1.82) is 0 Å². The van der Waals surface area contributed by atoms with E-state index in [0.717, 1.165) is 18.5 Å². The van der Waals surface area contributed by atoms with Gasteiger partial charge in [-0.25, -0.2) is 9.78 Å². The summed E-state index contributed by atoms with van der Waals surface area (Å²) in [4.78, 5) is 36.7. The number of likely N-dealkylation sites (tertiary alicyclic amines) is 1. The van der Waals surface area contributed by atoms with Gasteiger partial charge in [-0.3, -0.25) is 9.78 Å². The average Bonchev–Trinajstić information content (AvgIpc) is 3.23. The molecule has 8 heteroatoms. The van der Waals surface area contributed by atoms with Gasteiger partial charge in [-0.15, -0.1) is 0 Å². The maximum absolute atomic E-state index is 13.1. The van der Waals surface area contributed by atoms with E-state index in [1.54, 1.807) is 18.3 Å². The van der Waals surface area contributed by atoms with Crippen molar-refractivity contribution in [3.63, 3.8) is 0 Å². The van der Waals surface area contributed by atoms with Crippen molar-refractivity contribution >= 4 is 29.3 Å². The number of aromatic carboxylic acids is 1. The van der Waals surface area contributed by atoms with Gasteiger partial charge in [0.05, 0.1) is 22.7 Å². The van der Waals surface area contributed by atoms with Gasteiger partial charge >= 0.3 is 5.97 Å². The minimum absolute atomic E-state index is 0.110. The predicted molar refractivity (Wildman–Crippen MR) is 99.7 cm³/mol. The summed E-state index contributed by atoms with van der Waals surface area (Å²) in [7, 11) is 0. The van der Waals surface area contributed by atoms with Gasteiger partial charge in [0.15, 0.2) is 5.69 Å². The van der Waals surface area contributed by atoms with Gasteiger partial charge in [-0.05, 0) is 37.1 Å². The summed E-state index contributed by atoms with van der Waals surface area (Å²) < 4.78 is 0. The highest BCUT2D eigenvalue weighted by Crippen LogP contribution is 2.42.